The lowest BCUT2D eigenvalue weighted by molar-refractivity contribution is -0.118. The molecule has 0 atom stereocenters. The van der Waals surface area contributed by atoms with Crippen molar-refractivity contribution in [2.45, 2.75) is 37.0 Å². The van der Waals surface area contributed by atoms with Crippen LogP contribution in [0.1, 0.15) is 31.2 Å². The van der Waals surface area contributed by atoms with Crippen LogP contribution in [0.4, 0.5) is 5.69 Å². The molecule has 4 N–H and O–H groups in total. The molecule has 1 aliphatic rings. The summed E-state index contributed by atoms with van der Waals surface area (Å²) < 4.78 is 27.3. The molecule has 1 aromatic rings. The summed E-state index contributed by atoms with van der Waals surface area (Å²) in [6, 6.07) is 5.29. The predicted molar refractivity (Wildman–Crippen MR) is 81.5 cm³/mol. The molecule has 0 spiro atoms. The lowest BCUT2D eigenvalue weighted by Crippen LogP contribution is -2.27. The van der Waals surface area contributed by atoms with Crippen LogP contribution in [0.25, 0.3) is 0 Å². The van der Waals surface area contributed by atoms with Gasteiger partial charge in [-0.25, -0.2) is 13.1 Å². The van der Waals surface area contributed by atoms with Crippen LogP contribution in [0.5, 0.6) is 0 Å². The first-order chi connectivity index (χ1) is 10.0. The number of carbonyl (C=O) groups is 1. The maximum Gasteiger partial charge on any atom is 0.240 e. The van der Waals surface area contributed by atoms with Gasteiger partial charge in [0, 0.05) is 25.2 Å². The molecule has 6 nitrogen and oxygen atoms in total. The molecule has 0 aliphatic carbocycles. The third-order valence-corrected chi connectivity index (χ3v) is 5.03. The molecule has 0 radical (unpaired) electrons. The Morgan fingerprint density at radius 3 is 2.90 bits per heavy atom. The van der Waals surface area contributed by atoms with E-state index in [-0.39, 0.29) is 12.3 Å². The average molecular weight is 311 g/mol. The molecule has 2 rings (SSSR count). The molecule has 1 amide bonds. The number of hydrogen-bond donors (Lipinski definition) is 3. The molecule has 0 bridgehead atoms. The standard InChI is InChI=1S/C14H21N3O3S/c15-14(18)8-1-2-10-17-21(19,20)13-7-3-6-12-11(13)5-4-9-16-12/h3,6-7,16-17H,1-2,4-5,8-10H2,(H2,15,18). The summed E-state index contributed by atoms with van der Waals surface area (Å²) in [7, 11) is -3.51. The molecule has 0 aromatic heterocycles. The Kier molecular flexibility index (Phi) is 5.19. The van der Waals surface area contributed by atoms with Gasteiger partial charge in [-0.15, -0.1) is 0 Å². The van der Waals surface area contributed by atoms with E-state index in [1.165, 1.54) is 0 Å². The molecule has 0 fully saturated rings. The van der Waals surface area contributed by atoms with Gasteiger partial charge in [-0.05, 0) is 43.4 Å². The first kappa shape index (κ1) is 15.8. The Labute approximate surface area is 125 Å². The second-order valence-corrected chi connectivity index (χ2v) is 6.87. The second kappa shape index (κ2) is 6.91. The zero-order chi connectivity index (χ0) is 15.3. The quantitative estimate of drug-likeness (QED) is 0.653. The number of anilines is 1. The van der Waals surface area contributed by atoms with Crippen molar-refractivity contribution >= 4 is 21.6 Å². The maximum atomic E-state index is 12.4. The highest BCUT2D eigenvalue weighted by Gasteiger charge is 2.21. The van der Waals surface area contributed by atoms with E-state index in [2.05, 4.69) is 10.0 Å². The molecule has 21 heavy (non-hydrogen) atoms. The lowest BCUT2D eigenvalue weighted by Gasteiger charge is -2.21. The Bertz CT molecular complexity index is 614. The highest BCUT2D eigenvalue weighted by molar-refractivity contribution is 7.89. The summed E-state index contributed by atoms with van der Waals surface area (Å²) in [6.45, 7) is 1.18. The SMILES string of the molecule is NC(=O)CCCCNS(=O)(=O)c1cccc2c1CCCN2. The Morgan fingerprint density at radius 1 is 1.33 bits per heavy atom. The third kappa shape index (κ3) is 4.18. The third-order valence-electron chi connectivity index (χ3n) is 3.48. The van der Waals surface area contributed by atoms with Gasteiger partial charge in [0.2, 0.25) is 15.9 Å². The maximum absolute atomic E-state index is 12.4. The van der Waals surface area contributed by atoms with Crippen molar-refractivity contribution in [3.05, 3.63) is 23.8 Å². The molecular formula is C14H21N3O3S. The van der Waals surface area contributed by atoms with Crippen LogP contribution in [0, 0.1) is 0 Å². The number of benzene rings is 1. The van der Waals surface area contributed by atoms with E-state index >= 15 is 0 Å². The number of rotatable bonds is 7. The van der Waals surface area contributed by atoms with E-state index in [0.717, 1.165) is 30.6 Å². The number of nitrogens with two attached hydrogens (primary N) is 1. The number of sulfonamides is 1. The number of unbranched alkanes of at least 4 members (excludes halogenated alkanes) is 1. The molecular weight excluding hydrogens is 290 g/mol. The van der Waals surface area contributed by atoms with Gasteiger partial charge in [-0.2, -0.15) is 0 Å². The van der Waals surface area contributed by atoms with Crippen molar-refractivity contribution in [2.75, 3.05) is 18.4 Å². The zero-order valence-electron chi connectivity index (χ0n) is 11.9. The predicted octanol–water partition coefficient (Wildman–Crippen LogP) is 0.979. The summed E-state index contributed by atoms with van der Waals surface area (Å²) in [4.78, 5) is 11.0. The Morgan fingerprint density at radius 2 is 2.14 bits per heavy atom. The van der Waals surface area contributed by atoms with Gasteiger partial charge in [-0.3, -0.25) is 4.79 Å². The van der Waals surface area contributed by atoms with Crippen LogP contribution in [0.15, 0.2) is 23.1 Å². The van der Waals surface area contributed by atoms with Crippen molar-refractivity contribution in [3.8, 4) is 0 Å². The average Bonchev–Trinajstić information content (AvgIpc) is 2.46. The summed E-state index contributed by atoms with van der Waals surface area (Å²) in [5.74, 6) is -0.360. The molecule has 116 valence electrons. The van der Waals surface area contributed by atoms with Crippen molar-refractivity contribution in [3.63, 3.8) is 0 Å². The van der Waals surface area contributed by atoms with Crippen molar-refractivity contribution in [1.29, 1.82) is 0 Å². The normalized spacial score (nSPS) is 14.3. The Hall–Kier alpha value is -1.60. The van der Waals surface area contributed by atoms with Gasteiger partial charge in [0.15, 0.2) is 0 Å². The fraction of sp³-hybridized carbons (Fsp3) is 0.500. The Balaban J connectivity index is 2.01. The highest BCUT2D eigenvalue weighted by Crippen LogP contribution is 2.28. The molecule has 1 heterocycles. The summed E-state index contributed by atoms with van der Waals surface area (Å²) >= 11 is 0. The van der Waals surface area contributed by atoms with Crippen LogP contribution in [0.3, 0.4) is 0 Å². The second-order valence-electron chi connectivity index (χ2n) is 5.13. The van der Waals surface area contributed by atoms with E-state index in [0.29, 0.717) is 24.3 Å². The van der Waals surface area contributed by atoms with E-state index in [1.807, 2.05) is 6.07 Å². The smallest absolute Gasteiger partial charge is 0.240 e. The molecule has 1 aromatic carbocycles. The van der Waals surface area contributed by atoms with Crippen LogP contribution >= 0.6 is 0 Å². The summed E-state index contributed by atoms with van der Waals surface area (Å²) in [6.07, 6.45) is 3.16. The number of nitrogens with one attached hydrogen (secondary N) is 2. The van der Waals surface area contributed by atoms with Crippen molar-refractivity contribution < 1.29 is 13.2 Å². The van der Waals surface area contributed by atoms with E-state index in [4.69, 9.17) is 5.73 Å². The number of carbonyl (C=O) groups excluding carboxylic acids is 1. The molecule has 7 heteroatoms. The summed E-state index contributed by atoms with van der Waals surface area (Å²) in [5.41, 5.74) is 6.80. The monoisotopic (exact) mass is 311 g/mol. The number of hydrogen-bond acceptors (Lipinski definition) is 4. The summed E-state index contributed by atoms with van der Waals surface area (Å²) in [5, 5.41) is 3.22. The van der Waals surface area contributed by atoms with Crippen LogP contribution in [-0.2, 0) is 21.2 Å². The van der Waals surface area contributed by atoms with Gasteiger partial charge in [0.1, 0.15) is 0 Å². The van der Waals surface area contributed by atoms with Gasteiger partial charge < -0.3 is 11.1 Å². The zero-order valence-corrected chi connectivity index (χ0v) is 12.7. The highest BCUT2D eigenvalue weighted by atomic mass is 32.2. The van der Waals surface area contributed by atoms with Gasteiger partial charge in [-0.1, -0.05) is 6.07 Å². The fourth-order valence-corrected chi connectivity index (χ4v) is 3.80. The van der Waals surface area contributed by atoms with Crippen molar-refractivity contribution in [1.82, 2.24) is 4.72 Å². The molecule has 0 saturated heterocycles. The van der Waals surface area contributed by atoms with Gasteiger partial charge >= 0.3 is 0 Å². The largest absolute Gasteiger partial charge is 0.385 e. The molecule has 0 saturated carbocycles. The minimum atomic E-state index is -3.51. The lowest BCUT2D eigenvalue weighted by atomic mass is 10.0. The minimum absolute atomic E-state index is 0.284. The van der Waals surface area contributed by atoms with Crippen LogP contribution in [0.2, 0.25) is 0 Å². The first-order valence-corrected chi connectivity index (χ1v) is 8.63. The fourth-order valence-electron chi connectivity index (χ4n) is 2.44. The first-order valence-electron chi connectivity index (χ1n) is 7.14. The van der Waals surface area contributed by atoms with Crippen LogP contribution in [-0.4, -0.2) is 27.4 Å². The van der Waals surface area contributed by atoms with Crippen LogP contribution < -0.4 is 15.8 Å². The van der Waals surface area contributed by atoms with E-state index in [1.54, 1.807) is 12.1 Å². The molecule has 1 aliphatic heterocycles. The van der Waals surface area contributed by atoms with Gasteiger partial charge in [0.05, 0.1) is 4.90 Å². The van der Waals surface area contributed by atoms with E-state index in [9.17, 15) is 13.2 Å². The number of primary amides is 1. The van der Waals surface area contributed by atoms with E-state index < -0.39 is 10.0 Å². The van der Waals surface area contributed by atoms with Gasteiger partial charge in [0.25, 0.3) is 0 Å². The number of fused-ring (bicyclic) bond motifs is 1. The molecule has 0 unspecified atom stereocenters. The number of amides is 1. The van der Waals surface area contributed by atoms with Crippen molar-refractivity contribution in [2.24, 2.45) is 5.73 Å². The minimum Gasteiger partial charge on any atom is -0.385 e. The topological polar surface area (TPSA) is 101 Å².